The average molecular weight is 305 g/mol. The molecule has 0 unspecified atom stereocenters. The SMILES string of the molecule is O=C(Cc1cccc(O)c1)NNC(=O)c1ccccc1Cl. The molecule has 0 heterocycles. The second-order valence-corrected chi connectivity index (χ2v) is 4.74. The Kier molecular flexibility index (Phi) is 4.79. The first-order chi connectivity index (χ1) is 10.1. The summed E-state index contributed by atoms with van der Waals surface area (Å²) in [6.07, 6.45) is 0.0389. The molecule has 0 bridgehead atoms. The monoisotopic (exact) mass is 304 g/mol. The van der Waals surface area contributed by atoms with Crippen LogP contribution in [-0.2, 0) is 11.2 Å². The van der Waals surface area contributed by atoms with E-state index in [0.29, 0.717) is 10.6 Å². The molecular weight excluding hydrogens is 292 g/mol. The fourth-order valence-electron chi connectivity index (χ4n) is 1.74. The third-order valence-electron chi connectivity index (χ3n) is 2.71. The fraction of sp³-hybridized carbons (Fsp3) is 0.0667. The molecule has 0 atom stereocenters. The van der Waals surface area contributed by atoms with Crippen molar-refractivity contribution in [3.63, 3.8) is 0 Å². The molecule has 6 heteroatoms. The zero-order valence-electron chi connectivity index (χ0n) is 11.0. The van der Waals surface area contributed by atoms with Crippen LogP contribution in [0.3, 0.4) is 0 Å². The quantitative estimate of drug-likeness (QED) is 0.759. The van der Waals surface area contributed by atoms with Crippen LogP contribution in [0, 0.1) is 0 Å². The summed E-state index contributed by atoms with van der Waals surface area (Å²) in [7, 11) is 0. The highest BCUT2D eigenvalue weighted by Crippen LogP contribution is 2.14. The molecule has 21 heavy (non-hydrogen) atoms. The molecule has 2 rings (SSSR count). The van der Waals surface area contributed by atoms with Crippen molar-refractivity contribution in [2.24, 2.45) is 0 Å². The molecule has 0 aliphatic carbocycles. The number of carbonyl (C=O) groups is 2. The Hall–Kier alpha value is -2.53. The number of hydrogen-bond donors (Lipinski definition) is 3. The first-order valence-electron chi connectivity index (χ1n) is 6.18. The summed E-state index contributed by atoms with van der Waals surface area (Å²) < 4.78 is 0. The van der Waals surface area contributed by atoms with E-state index in [9.17, 15) is 14.7 Å². The van der Waals surface area contributed by atoms with E-state index in [-0.39, 0.29) is 17.7 Å². The average Bonchev–Trinajstić information content (AvgIpc) is 2.45. The first kappa shape index (κ1) is 14.9. The number of aromatic hydroxyl groups is 1. The van der Waals surface area contributed by atoms with Crippen LogP contribution in [0.25, 0.3) is 0 Å². The van der Waals surface area contributed by atoms with Gasteiger partial charge in [0.2, 0.25) is 5.91 Å². The van der Waals surface area contributed by atoms with Gasteiger partial charge in [0.15, 0.2) is 0 Å². The second kappa shape index (κ2) is 6.76. The number of phenolic OH excluding ortho intramolecular Hbond substituents is 1. The highest BCUT2D eigenvalue weighted by atomic mass is 35.5. The van der Waals surface area contributed by atoms with E-state index in [1.54, 1.807) is 36.4 Å². The van der Waals surface area contributed by atoms with E-state index in [1.807, 2.05) is 0 Å². The zero-order chi connectivity index (χ0) is 15.2. The first-order valence-corrected chi connectivity index (χ1v) is 6.55. The minimum Gasteiger partial charge on any atom is -0.508 e. The van der Waals surface area contributed by atoms with Crippen LogP contribution in [-0.4, -0.2) is 16.9 Å². The minimum absolute atomic E-state index is 0.0389. The van der Waals surface area contributed by atoms with Gasteiger partial charge in [0.05, 0.1) is 17.0 Å². The smallest absolute Gasteiger partial charge is 0.271 e. The molecule has 0 aromatic heterocycles. The molecule has 108 valence electrons. The Labute approximate surface area is 126 Å². The normalized spacial score (nSPS) is 9.95. The van der Waals surface area contributed by atoms with Gasteiger partial charge in [-0.3, -0.25) is 20.4 Å². The summed E-state index contributed by atoms with van der Waals surface area (Å²) in [4.78, 5) is 23.5. The summed E-state index contributed by atoms with van der Waals surface area (Å²) >= 11 is 5.88. The van der Waals surface area contributed by atoms with Crippen LogP contribution in [0.5, 0.6) is 5.75 Å². The van der Waals surface area contributed by atoms with Gasteiger partial charge in [0, 0.05) is 0 Å². The van der Waals surface area contributed by atoms with Gasteiger partial charge >= 0.3 is 0 Å². The Morgan fingerprint density at radius 1 is 1.05 bits per heavy atom. The molecule has 2 amide bonds. The van der Waals surface area contributed by atoms with Crippen molar-refractivity contribution >= 4 is 23.4 Å². The number of carbonyl (C=O) groups excluding carboxylic acids is 2. The maximum atomic E-state index is 11.8. The van der Waals surface area contributed by atoms with Crippen molar-refractivity contribution in [3.8, 4) is 5.75 Å². The van der Waals surface area contributed by atoms with Crippen LogP contribution >= 0.6 is 11.6 Å². The molecule has 0 aliphatic rings. The lowest BCUT2D eigenvalue weighted by Gasteiger charge is -2.08. The molecule has 3 N–H and O–H groups in total. The standard InChI is InChI=1S/C15H13ClN2O3/c16-13-7-2-1-6-12(13)15(21)18-17-14(20)9-10-4-3-5-11(19)8-10/h1-8,19H,9H2,(H,17,20)(H,18,21). The highest BCUT2D eigenvalue weighted by Gasteiger charge is 2.10. The largest absolute Gasteiger partial charge is 0.508 e. The third kappa shape index (κ3) is 4.22. The molecule has 5 nitrogen and oxygen atoms in total. The van der Waals surface area contributed by atoms with Gasteiger partial charge < -0.3 is 5.11 Å². The topological polar surface area (TPSA) is 78.4 Å². The van der Waals surface area contributed by atoms with Gasteiger partial charge in [-0.1, -0.05) is 35.9 Å². The van der Waals surface area contributed by atoms with E-state index in [4.69, 9.17) is 11.6 Å². The van der Waals surface area contributed by atoms with Crippen molar-refractivity contribution in [2.45, 2.75) is 6.42 Å². The van der Waals surface area contributed by atoms with E-state index in [0.717, 1.165) is 0 Å². The van der Waals surface area contributed by atoms with Crippen molar-refractivity contribution in [1.82, 2.24) is 10.9 Å². The van der Waals surface area contributed by atoms with Crippen LogP contribution < -0.4 is 10.9 Å². The lowest BCUT2D eigenvalue weighted by atomic mass is 10.1. The van der Waals surface area contributed by atoms with Gasteiger partial charge in [0.1, 0.15) is 5.75 Å². The van der Waals surface area contributed by atoms with E-state index in [2.05, 4.69) is 10.9 Å². The van der Waals surface area contributed by atoms with Gasteiger partial charge in [-0.05, 0) is 29.8 Å². The molecule has 0 radical (unpaired) electrons. The molecule has 0 fully saturated rings. The highest BCUT2D eigenvalue weighted by molar-refractivity contribution is 6.33. The molecule has 0 saturated heterocycles. The summed E-state index contributed by atoms with van der Waals surface area (Å²) in [5.41, 5.74) is 5.50. The molecule has 2 aromatic carbocycles. The molecule has 2 aromatic rings. The maximum Gasteiger partial charge on any atom is 0.271 e. The van der Waals surface area contributed by atoms with Crippen molar-refractivity contribution in [3.05, 3.63) is 64.7 Å². The predicted octanol–water partition coefficient (Wildman–Crippen LogP) is 2.05. The van der Waals surface area contributed by atoms with E-state index >= 15 is 0 Å². The van der Waals surface area contributed by atoms with Gasteiger partial charge in [-0.15, -0.1) is 0 Å². The molecule has 0 aliphatic heterocycles. The second-order valence-electron chi connectivity index (χ2n) is 4.33. The van der Waals surface area contributed by atoms with E-state index < -0.39 is 11.8 Å². The van der Waals surface area contributed by atoms with Crippen LogP contribution in [0.4, 0.5) is 0 Å². The van der Waals surface area contributed by atoms with E-state index in [1.165, 1.54) is 12.1 Å². The summed E-state index contributed by atoms with van der Waals surface area (Å²) in [6.45, 7) is 0. The zero-order valence-corrected chi connectivity index (χ0v) is 11.7. The number of rotatable bonds is 3. The number of nitrogens with one attached hydrogen (secondary N) is 2. The number of phenols is 1. The lowest BCUT2D eigenvalue weighted by Crippen LogP contribution is -2.42. The van der Waals surface area contributed by atoms with Gasteiger partial charge in [-0.25, -0.2) is 0 Å². The number of halogens is 1. The summed E-state index contributed by atoms with van der Waals surface area (Å²) in [5, 5.41) is 9.61. The Morgan fingerprint density at radius 2 is 1.81 bits per heavy atom. The van der Waals surface area contributed by atoms with Crippen LogP contribution in [0.1, 0.15) is 15.9 Å². The van der Waals surface area contributed by atoms with Crippen LogP contribution in [0.15, 0.2) is 48.5 Å². The fourth-order valence-corrected chi connectivity index (χ4v) is 1.96. The van der Waals surface area contributed by atoms with Crippen molar-refractivity contribution < 1.29 is 14.7 Å². The Balaban J connectivity index is 1.90. The minimum atomic E-state index is -0.496. The number of amides is 2. The van der Waals surface area contributed by atoms with Crippen LogP contribution in [0.2, 0.25) is 5.02 Å². The third-order valence-corrected chi connectivity index (χ3v) is 3.04. The lowest BCUT2D eigenvalue weighted by molar-refractivity contribution is -0.121. The summed E-state index contributed by atoms with van der Waals surface area (Å²) in [5.74, 6) is -0.814. The summed E-state index contributed by atoms with van der Waals surface area (Å²) in [6, 6.07) is 12.9. The van der Waals surface area contributed by atoms with Crippen molar-refractivity contribution in [2.75, 3.05) is 0 Å². The Morgan fingerprint density at radius 3 is 2.52 bits per heavy atom. The number of hydrogen-bond acceptors (Lipinski definition) is 3. The predicted molar refractivity (Wildman–Crippen MR) is 78.9 cm³/mol. The Bertz CT molecular complexity index is 673. The molecule has 0 saturated carbocycles. The molecular formula is C15H13ClN2O3. The van der Waals surface area contributed by atoms with Gasteiger partial charge in [0.25, 0.3) is 5.91 Å². The number of benzene rings is 2. The number of hydrazine groups is 1. The van der Waals surface area contributed by atoms with Gasteiger partial charge in [-0.2, -0.15) is 0 Å². The molecule has 0 spiro atoms. The van der Waals surface area contributed by atoms with Crippen molar-refractivity contribution in [1.29, 1.82) is 0 Å². The maximum absolute atomic E-state index is 11.8.